The summed E-state index contributed by atoms with van der Waals surface area (Å²) in [6.45, 7) is 2.80. The van der Waals surface area contributed by atoms with E-state index in [1.54, 1.807) is 6.07 Å². The monoisotopic (exact) mass is 267 g/mol. The Labute approximate surface area is 113 Å². The highest BCUT2D eigenvalue weighted by molar-refractivity contribution is 7.98. The molecule has 100 valence electrons. The Bertz CT molecular complexity index is 393. The summed E-state index contributed by atoms with van der Waals surface area (Å²) in [5.41, 5.74) is 2.15. The van der Waals surface area contributed by atoms with Gasteiger partial charge in [-0.05, 0) is 49.5 Å². The van der Waals surface area contributed by atoms with Crippen LogP contribution in [0.15, 0.2) is 18.2 Å². The van der Waals surface area contributed by atoms with Crippen molar-refractivity contribution in [1.29, 1.82) is 0 Å². The predicted octanol–water partition coefficient (Wildman–Crippen LogP) is 3.64. The van der Waals surface area contributed by atoms with Gasteiger partial charge in [0.2, 0.25) is 0 Å². The average molecular weight is 267 g/mol. The van der Waals surface area contributed by atoms with E-state index in [0.29, 0.717) is 5.56 Å². The lowest BCUT2D eigenvalue weighted by Gasteiger charge is -2.10. The van der Waals surface area contributed by atoms with Gasteiger partial charge in [-0.3, -0.25) is 0 Å². The SMILES string of the molecule is CSCCCCCNc1cc(C)ccc1C(=O)O. The van der Waals surface area contributed by atoms with E-state index in [-0.39, 0.29) is 0 Å². The Morgan fingerprint density at radius 1 is 1.33 bits per heavy atom. The molecule has 0 fully saturated rings. The van der Waals surface area contributed by atoms with E-state index in [2.05, 4.69) is 11.6 Å². The molecular formula is C14H21NO2S. The summed E-state index contributed by atoms with van der Waals surface area (Å²) in [7, 11) is 0. The third-order valence-corrected chi connectivity index (χ3v) is 3.44. The molecule has 18 heavy (non-hydrogen) atoms. The molecule has 1 rings (SSSR count). The lowest BCUT2D eigenvalue weighted by atomic mass is 10.1. The molecule has 0 bridgehead atoms. The van der Waals surface area contributed by atoms with Gasteiger partial charge >= 0.3 is 5.97 Å². The summed E-state index contributed by atoms with van der Waals surface area (Å²) >= 11 is 1.87. The molecule has 2 N–H and O–H groups in total. The van der Waals surface area contributed by atoms with Crippen molar-refractivity contribution in [3.63, 3.8) is 0 Å². The number of rotatable bonds is 8. The van der Waals surface area contributed by atoms with Gasteiger partial charge < -0.3 is 10.4 Å². The number of benzene rings is 1. The van der Waals surface area contributed by atoms with Crippen LogP contribution in [-0.2, 0) is 0 Å². The third-order valence-electron chi connectivity index (χ3n) is 2.75. The molecule has 0 saturated heterocycles. The van der Waals surface area contributed by atoms with Crippen LogP contribution in [0.3, 0.4) is 0 Å². The maximum Gasteiger partial charge on any atom is 0.337 e. The molecule has 0 spiro atoms. The maximum absolute atomic E-state index is 11.1. The summed E-state index contributed by atoms with van der Waals surface area (Å²) in [4.78, 5) is 11.1. The fourth-order valence-electron chi connectivity index (χ4n) is 1.76. The molecule has 1 aromatic rings. The number of hydrogen-bond donors (Lipinski definition) is 2. The van der Waals surface area contributed by atoms with Crippen LogP contribution in [0.2, 0.25) is 0 Å². The molecule has 0 amide bonds. The van der Waals surface area contributed by atoms with Gasteiger partial charge in [-0.25, -0.2) is 4.79 Å². The van der Waals surface area contributed by atoms with Crippen molar-refractivity contribution < 1.29 is 9.90 Å². The van der Waals surface area contributed by atoms with Gasteiger partial charge in [0.25, 0.3) is 0 Å². The first-order chi connectivity index (χ1) is 8.65. The van der Waals surface area contributed by atoms with Crippen molar-refractivity contribution in [2.24, 2.45) is 0 Å². The molecule has 4 heteroatoms. The Hall–Kier alpha value is -1.16. The Morgan fingerprint density at radius 2 is 2.11 bits per heavy atom. The number of unbranched alkanes of at least 4 members (excludes halogenated alkanes) is 2. The summed E-state index contributed by atoms with van der Waals surface area (Å²) in [5.74, 6) is 0.324. The van der Waals surface area contributed by atoms with Crippen molar-refractivity contribution in [3.8, 4) is 0 Å². The van der Waals surface area contributed by atoms with Gasteiger partial charge in [0.1, 0.15) is 0 Å². The summed E-state index contributed by atoms with van der Waals surface area (Å²) < 4.78 is 0. The minimum Gasteiger partial charge on any atom is -0.478 e. The quantitative estimate of drug-likeness (QED) is 0.706. The fraction of sp³-hybridized carbons (Fsp3) is 0.500. The largest absolute Gasteiger partial charge is 0.478 e. The number of hydrogen-bond acceptors (Lipinski definition) is 3. The first kappa shape index (κ1) is 14.9. The Morgan fingerprint density at radius 3 is 2.78 bits per heavy atom. The van der Waals surface area contributed by atoms with Crippen LogP contribution >= 0.6 is 11.8 Å². The zero-order valence-corrected chi connectivity index (χ0v) is 11.8. The van der Waals surface area contributed by atoms with Crippen LogP contribution < -0.4 is 5.32 Å². The number of carboxylic acids is 1. The minimum absolute atomic E-state index is 0.352. The molecule has 0 unspecified atom stereocenters. The van der Waals surface area contributed by atoms with Gasteiger partial charge in [-0.1, -0.05) is 12.5 Å². The molecule has 1 aromatic carbocycles. The number of carbonyl (C=O) groups is 1. The fourth-order valence-corrected chi connectivity index (χ4v) is 2.25. The van der Waals surface area contributed by atoms with E-state index in [0.717, 1.165) is 24.2 Å². The van der Waals surface area contributed by atoms with E-state index in [4.69, 9.17) is 5.11 Å². The van der Waals surface area contributed by atoms with Crippen molar-refractivity contribution in [3.05, 3.63) is 29.3 Å². The van der Waals surface area contributed by atoms with Crippen LogP contribution in [-0.4, -0.2) is 29.6 Å². The minimum atomic E-state index is -0.875. The van der Waals surface area contributed by atoms with Crippen LogP contribution in [0.1, 0.15) is 35.2 Å². The van der Waals surface area contributed by atoms with Crippen LogP contribution in [0, 0.1) is 6.92 Å². The number of carboxylic acid groups (broad SMARTS) is 1. The van der Waals surface area contributed by atoms with E-state index >= 15 is 0 Å². The Kier molecular flexibility index (Phi) is 6.65. The topological polar surface area (TPSA) is 49.3 Å². The number of thioether (sulfide) groups is 1. The number of aryl methyl sites for hydroxylation is 1. The normalized spacial score (nSPS) is 10.3. The second-order valence-electron chi connectivity index (χ2n) is 4.33. The lowest BCUT2D eigenvalue weighted by molar-refractivity contribution is 0.0698. The van der Waals surface area contributed by atoms with E-state index in [9.17, 15) is 4.79 Å². The first-order valence-electron chi connectivity index (χ1n) is 6.22. The highest BCUT2D eigenvalue weighted by Gasteiger charge is 2.09. The molecule has 0 aliphatic heterocycles. The zero-order chi connectivity index (χ0) is 13.4. The van der Waals surface area contributed by atoms with Crippen LogP contribution in [0.5, 0.6) is 0 Å². The highest BCUT2D eigenvalue weighted by atomic mass is 32.2. The van der Waals surface area contributed by atoms with Gasteiger partial charge in [0.05, 0.1) is 5.56 Å². The molecule has 0 heterocycles. The number of nitrogens with one attached hydrogen (secondary N) is 1. The number of aromatic carboxylic acids is 1. The zero-order valence-electron chi connectivity index (χ0n) is 11.0. The summed E-state index contributed by atoms with van der Waals surface area (Å²) in [5, 5.41) is 12.3. The van der Waals surface area contributed by atoms with Crippen molar-refractivity contribution in [1.82, 2.24) is 0 Å². The van der Waals surface area contributed by atoms with E-state index in [1.807, 2.05) is 30.8 Å². The van der Waals surface area contributed by atoms with Crippen molar-refractivity contribution in [2.75, 3.05) is 23.9 Å². The van der Waals surface area contributed by atoms with E-state index < -0.39 is 5.97 Å². The van der Waals surface area contributed by atoms with E-state index in [1.165, 1.54) is 18.6 Å². The molecule has 0 saturated carbocycles. The van der Waals surface area contributed by atoms with Gasteiger partial charge in [0, 0.05) is 12.2 Å². The van der Waals surface area contributed by atoms with Gasteiger partial charge in [0.15, 0.2) is 0 Å². The highest BCUT2D eigenvalue weighted by Crippen LogP contribution is 2.17. The lowest BCUT2D eigenvalue weighted by Crippen LogP contribution is -2.08. The van der Waals surface area contributed by atoms with Crippen LogP contribution in [0.4, 0.5) is 5.69 Å². The third kappa shape index (κ3) is 5.00. The summed E-state index contributed by atoms with van der Waals surface area (Å²) in [6, 6.07) is 5.38. The molecule has 0 aliphatic rings. The second kappa shape index (κ2) is 8.03. The second-order valence-corrected chi connectivity index (χ2v) is 5.32. The van der Waals surface area contributed by atoms with Crippen molar-refractivity contribution in [2.45, 2.75) is 26.2 Å². The van der Waals surface area contributed by atoms with Crippen molar-refractivity contribution >= 4 is 23.4 Å². The maximum atomic E-state index is 11.1. The molecule has 0 atom stereocenters. The predicted molar refractivity (Wildman–Crippen MR) is 78.9 cm³/mol. The molecule has 0 aromatic heterocycles. The standard InChI is InChI=1S/C14H21NO2S/c1-11-6-7-12(14(16)17)13(10-11)15-8-4-3-5-9-18-2/h6-7,10,15H,3-5,8-9H2,1-2H3,(H,16,17). The molecule has 0 radical (unpaired) electrons. The molecular weight excluding hydrogens is 246 g/mol. The molecule has 3 nitrogen and oxygen atoms in total. The average Bonchev–Trinajstić information content (AvgIpc) is 2.33. The smallest absolute Gasteiger partial charge is 0.337 e. The van der Waals surface area contributed by atoms with Gasteiger partial charge in [-0.2, -0.15) is 11.8 Å². The molecule has 0 aliphatic carbocycles. The first-order valence-corrected chi connectivity index (χ1v) is 7.61. The number of anilines is 1. The Balaban J connectivity index is 2.45. The van der Waals surface area contributed by atoms with Gasteiger partial charge in [-0.15, -0.1) is 0 Å². The van der Waals surface area contributed by atoms with Crippen LogP contribution in [0.25, 0.3) is 0 Å². The summed E-state index contributed by atoms with van der Waals surface area (Å²) in [6.07, 6.45) is 5.60.